The van der Waals surface area contributed by atoms with Crippen LogP contribution in [-0.4, -0.2) is 15.8 Å². The van der Waals surface area contributed by atoms with E-state index in [-0.39, 0.29) is 5.56 Å². The standard InChI is InChI=1S/C19H14N4O2/c24-18-16-10-4-5-11-17(16)21-19(22-20-13-15-9-6-12-25-15)23(18)14-7-2-1-3-8-14/h1-13H,(H,21,22)/b20-13+. The minimum atomic E-state index is -0.160. The van der Waals surface area contributed by atoms with Crippen LogP contribution in [0.2, 0.25) is 0 Å². The molecule has 0 saturated heterocycles. The van der Waals surface area contributed by atoms with E-state index >= 15 is 0 Å². The second-order valence-electron chi connectivity index (χ2n) is 5.31. The van der Waals surface area contributed by atoms with Crippen molar-refractivity contribution in [2.45, 2.75) is 0 Å². The van der Waals surface area contributed by atoms with E-state index in [1.807, 2.05) is 42.5 Å². The maximum atomic E-state index is 13.0. The number of para-hydroxylation sites is 2. The van der Waals surface area contributed by atoms with E-state index in [1.165, 1.54) is 10.8 Å². The summed E-state index contributed by atoms with van der Waals surface area (Å²) in [6, 6.07) is 20.1. The monoisotopic (exact) mass is 330 g/mol. The number of hydrogen-bond acceptors (Lipinski definition) is 5. The molecule has 0 fully saturated rings. The lowest BCUT2D eigenvalue weighted by atomic mass is 10.2. The average molecular weight is 330 g/mol. The Bertz CT molecular complexity index is 1080. The molecule has 2 heterocycles. The Balaban J connectivity index is 1.85. The first-order chi connectivity index (χ1) is 12.3. The zero-order chi connectivity index (χ0) is 17.1. The molecule has 0 aliphatic heterocycles. The van der Waals surface area contributed by atoms with Crippen molar-refractivity contribution >= 4 is 23.1 Å². The Hall–Kier alpha value is -3.67. The van der Waals surface area contributed by atoms with Gasteiger partial charge in [-0.15, -0.1) is 0 Å². The fourth-order valence-corrected chi connectivity index (χ4v) is 2.54. The van der Waals surface area contributed by atoms with Gasteiger partial charge < -0.3 is 4.42 Å². The van der Waals surface area contributed by atoms with Crippen LogP contribution in [-0.2, 0) is 0 Å². The molecule has 0 aliphatic carbocycles. The molecular weight excluding hydrogens is 316 g/mol. The zero-order valence-electron chi connectivity index (χ0n) is 13.2. The molecule has 6 heteroatoms. The quantitative estimate of drug-likeness (QED) is 0.460. The highest BCUT2D eigenvalue weighted by Crippen LogP contribution is 2.16. The molecule has 0 bridgehead atoms. The number of aromatic nitrogens is 2. The third kappa shape index (κ3) is 2.92. The maximum Gasteiger partial charge on any atom is 0.267 e. The van der Waals surface area contributed by atoms with E-state index in [1.54, 1.807) is 30.5 Å². The average Bonchev–Trinajstić information content (AvgIpc) is 3.16. The lowest BCUT2D eigenvalue weighted by Gasteiger charge is -2.12. The molecule has 0 unspecified atom stereocenters. The highest BCUT2D eigenvalue weighted by molar-refractivity contribution is 5.80. The summed E-state index contributed by atoms with van der Waals surface area (Å²) in [6.45, 7) is 0. The van der Waals surface area contributed by atoms with Crippen molar-refractivity contribution in [2.75, 3.05) is 5.43 Å². The number of hydrogen-bond donors (Lipinski definition) is 1. The van der Waals surface area contributed by atoms with Crippen LogP contribution in [0.3, 0.4) is 0 Å². The second kappa shape index (κ2) is 6.45. The molecular formula is C19H14N4O2. The predicted molar refractivity (Wildman–Crippen MR) is 97.3 cm³/mol. The summed E-state index contributed by atoms with van der Waals surface area (Å²) >= 11 is 0. The number of hydrazone groups is 1. The van der Waals surface area contributed by atoms with Gasteiger partial charge in [0.05, 0.1) is 29.1 Å². The van der Waals surface area contributed by atoms with Crippen molar-refractivity contribution in [3.63, 3.8) is 0 Å². The number of fused-ring (bicyclic) bond motifs is 1. The van der Waals surface area contributed by atoms with Gasteiger partial charge in [0.25, 0.3) is 5.56 Å². The zero-order valence-corrected chi connectivity index (χ0v) is 13.2. The van der Waals surface area contributed by atoms with Gasteiger partial charge in [-0.25, -0.2) is 15.0 Å². The van der Waals surface area contributed by atoms with Crippen LogP contribution in [0, 0.1) is 0 Å². The summed E-state index contributed by atoms with van der Waals surface area (Å²) in [4.78, 5) is 17.5. The van der Waals surface area contributed by atoms with Crippen LogP contribution in [0.1, 0.15) is 5.76 Å². The lowest BCUT2D eigenvalue weighted by Crippen LogP contribution is -2.22. The van der Waals surface area contributed by atoms with E-state index in [0.29, 0.717) is 28.3 Å². The molecule has 1 N–H and O–H groups in total. The first-order valence-electron chi connectivity index (χ1n) is 7.73. The highest BCUT2D eigenvalue weighted by Gasteiger charge is 2.11. The SMILES string of the molecule is O=c1c2ccccc2nc(N/N=C/c2ccco2)n1-c1ccccc1. The molecule has 25 heavy (non-hydrogen) atoms. The number of rotatable bonds is 4. The molecule has 0 aliphatic rings. The van der Waals surface area contributed by atoms with Gasteiger partial charge in [-0.1, -0.05) is 30.3 Å². The summed E-state index contributed by atoms with van der Waals surface area (Å²) < 4.78 is 6.70. The largest absolute Gasteiger partial charge is 0.463 e. The Morgan fingerprint density at radius 2 is 1.80 bits per heavy atom. The molecule has 4 rings (SSSR count). The van der Waals surface area contributed by atoms with Crippen molar-refractivity contribution in [3.8, 4) is 5.69 Å². The normalized spacial score (nSPS) is 11.2. The van der Waals surface area contributed by atoms with Crippen LogP contribution >= 0.6 is 0 Å². The molecule has 0 spiro atoms. The third-order valence-corrected chi connectivity index (χ3v) is 3.69. The molecule has 0 saturated carbocycles. The summed E-state index contributed by atoms with van der Waals surface area (Å²) in [7, 11) is 0. The van der Waals surface area contributed by atoms with Crippen LogP contribution in [0.15, 0.2) is 87.3 Å². The van der Waals surface area contributed by atoms with Crippen LogP contribution in [0.4, 0.5) is 5.95 Å². The molecule has 0 amide bonds. The molecule has 4 aromatic rings. The van der Waals surface area contributed by atoms with Crippen LogP contribution in [0.5, 0.6) is 0 Å². The van der Waals surface area contributed by atoms with Gasteiger partial charge in [0.15, 0.2) is 0 Å². The van der Waals surface area contributed by atoms with Gasteiger partial charge in [-0.3, -0.25) is 4.79 Å². The van der Waals surface area contributed by atoms with E-state index in [2.05, 4.69) is 15.5 Å². The van der Waals surface area contributed by atoms with Gasteiger partial charge in [0.2, 0.25) is 5.95 Å². The molecule has 0 radical (unpaired) electrons. The molecule has 0 atom stereocenters. The van der Waals surface area contributed by atoms with Crippen LogP contribution < -0.4 is 11.0 Å². The molecule has 2 aromatic carbocycles. The van der Waals surface area contributed by atoms with Gasteiger partial charge in [-0.2, -0.15) is 5.10 Å². The number of anilines is 1. The smallest absolute Gasteiger partial charge is 0.267 e. The first-order valence-corrected chi connectivity index (χ1v) is 7.73. The number of benzene rings is 2. The van der Waals surface area contributed by atoms with E-state index in [0.717, 1.165) is 0 Å². The van der Waals surface area contributed by atoms with Gasteiger partial charge in [-0.05, 0) is 36.4 Å². The Morgan fingerprint density at radius 1 is 1.00 bits per heavy atom. The topological polar surface area (TPSA) is 72.4 Å². The number of nitrogens with zero attached hydrogens (tertiary/aromatic N) is 3. The Kier molecular flexibility index (Phi) is 3.84. The predicted octanol–water partition coefficient (Wildman–Crippen LogP) is 3.42. The summed E-state index contributed by atoms with van der Waals surface area (Å²) in [5, 5.41) is 4.68. The number of furan rings is 1. The van der Waals surface area contributed by atoms with E-state index < -0.39 is 0 Å². The van der Waals surface area contributed by atoms with Gasteiger partial charge >= 0.3 is 0 Å². The second-order valence-corrected chi connectivity index (χ2v) is 5.31. The van der Waals surface area contributed by atoms with Crippen molar-refractivity contribution in [3.05, 3.63) is 89.1 Å². The van der Waals surface area contributed by atoms with Gasteiger partial charge in [0, 0.05) is 0 Å². The van der Waals surface area contributed by atoms with E-state index in [9.17, 15) is 4.79 Å². The molecule has 122 valence electrons. The fraction of sp³-hybridized carbons (Fsp3) is 0. The van der Waals surface area contributed by atoms with Crippen molar-refractivity contribution < 1.29 is 4.42 Å². The lowest BCUT2D eigenvalue weighted by molar-refractivity contribution is 0.560. The molecule has 6 nitrogen and oxygen atoms in total. The van der Waals surface area contributed by atoms with Crippen molar-refractivity contribution in [1.82, 2.24) is 9.55 Å². The number of nitrogens with one attached hydrogen (secondary N) is 1. The van der Waals surface area contributed by atoms with E-state index in [4.69, 9.17) is 4.42 Å². The van der Waals surface area contributed by atoms with Crippen LogP contribution in [0.25, 0.3) is 16.6 Å². The minimum absolute atomic E-state index is 0.160. The maximum absolute atomic E-state index is 13.0. The molecule has 2 aromatic heterocycles. The Labute approximate surface area is 143 Å². The van der Waals surface area contributed by atoms with Crippen molar-refractivity contribution in [1.29, 1.82) is 0 Å². The fourth-order valence-electron chi connectivity index (χ4n) is 2.54. The minimum Gasteiger partial charge on any atom is -0.463 e. The highest BCUT2D eigenvalue weighted by atomic mass is 16.3. The van der Waals surface area contributed by atoms with Crippen molar-refractivity contribution in [2.24, 2.45) is 5.10 Å². The first kappa shape index (κ1) is 14.9. The summed E-state index contributed by atoms with van der Waals surface area (Å²) in [5.74, 6) is 0.930. The summed E-state index contributed by atoms with van der Waals surface area (Å²) in [5.41, 5.74) is 4.00. The third-order valence-electron chi connectivity index (χ3n) is 3.69. The van der Waals surface area contributed by atoms with Gasteiger partial charge in [0.1, 0.15) is 5.76 Å². The Morgan fingerprint density at radius 3 is 2.60 bits per heavy atom. The summed E-state index contributed by atoms with van der Waals surface area (Å²) in [6.07, 6.45) is 3.09.